The second-order valence-electron chi connectivity index (χ2n) is 5.02. The first-order valence-corrected chi connectivity index (χ1v) is 8.06. The van der Waals surface area contributed by atoms with E-state index in [1.54, 1.807) is 11.3 Å². The molecule has 1 aromatic carbocycles. The molecule has 0 radical (unpaired) electrons. The van der Waals surface area contributed by atoms with Crippen molar-refractivity contribution >= 4 is 33.2 Å². The SMILES string of the molecule is O=C(O)C1CN(Cc2csc(Br)c2)Cc2ccccc21. The summed E-state index contributed by atoms with van der Waals surface area (Å²) in [5.74, 6) is -1.17. The minimum Gasteiger partial charge on any atom is -0.481 e. The number of carboxylic acids is 1. The summed E-state index contributed by atoms with van der Waals surface area (Å²) in [6.45, 7) is 2.17. The summed E-state index contributed by atoms with van der Waals surface area (Å²) in [4.78, 5) is 13.7. The van der Waals surface area contributed by atoms with Crippen LogP contribution in [0.2, 0.25) is 0 Å². The number of hydrogen-bond donors (Lipinski definition) is 1. The van der Waals surface area contributed by atoms with E-state index in [1.807, 2.05) is 24.3 Å². The Bertz CT molecular complexity index is 640. The van der Waals surface area contributed by atoms with Crippen molar-refractivity contribution in [3.05, 3.63) is 56.2 Å². The van der Waals surface area contributed by atoms with Crippen LogP contribution in [-0.4, -0.2) is 22.5 Å². The lowest BCUT2D eigenvalue weighted by molar-refractivity contribution is -0.139. The van der Waals surface area contributed by atoms with E-state index >= 15 is 0 Å². The predicted molar refractivity (Wildman–Crippen MR) is 83.0 cm³/mol. The van der Waals surface area contributed by atoms with Crippen LogP contribution in [0.25, 0.3) is 0 Å². The van der Waals surface area contributed by atoms with Crippen LogP contribution in [0, 0.1) is 0 Å². The Morgan fingerprint density at radius 2 is 2.25 bits per heavy atom. The molecule has 104 valence electrons. The fraction of sp³-hybridized carbons (Fsp3) is 0.267. The first kappa shape index (κ1) is 13.8. The molecule has 0 saturated heterocycles. The average Bonchev–Trinajstić information content (AvgIpc) is 2.83. The Kier molecular flexibility index (Phi) is 3.92. The molecule has 1 N–H and O–H groups in total. The van der Waals surface area contributed by atoms with Crippen molar-refractivity contribution < 1.29 is 9.90 Å². The van der Waals surface area contributed by atoms with Gasteiger partial charge in [-0.3, -0.25) is 9.69 Å². The molecule has 3 nitrogen and oxygen atoms in total. The van der Waals surface area contributed by atoms with E-state index in [0.29, 0.717) is 6.54 Å². The van der Waals surface area contributed by atoms with Crippen molar-refractivity contribution in [3.8, 4) is 0 Å². The fourth-order valence-corrected chi connectivity index (χ4v) is 3.90. The van der Waals surface area contributed by atoms with Crippen LogP contribution < -0.4 is 0 Å². The Balaban J connectivity index is 1.84. The lowest BCUT2D eigenvalue weighted by Gasteiger charge is -2.32. The third kappa shape index (κ3) is 2.80. The van der Waals surface area contributed by atoms with Gasteiger partial charge in [-0.25, -0.2) is 0 Å². The summed E-state index contributed by atoms with van der Waals surface area (Å²) in [6.07, 6.45) is 0. The topological polar surface area (TPSA) is 40.5 Å². The van der Waals surface area contributed by atoms with Gasteiger partial charge in [0.2, 0.25) is 0 Å². The van der Waals surface area contributed by atoms with Gasteiger partial charge in [-0.1, -0.05) is 24.3 Å². The lowest BCUT2D eigenvalue weighted by atomic mass is 9.89. The van der Waals surface area contributed by atoms with Crippen molar-refractivity contribution in [1.29, 1.82) is 0 Å². The summed E-state index contributed by atoms with van der Waals surface area (Å²) < 4.78 is 1.11. The molecule has 1 aliphatic heterocycles. The zero-order chi connectivity index (χ0) is 14.1. The molecule has 0 amide bonds. The molecular weight excluding hydrogens is 338 g/mol. The van der Waals surface area contributed by atoms with Crippen molar-refractivity contribution in [2.75, 3.05) is 6.54 Å². The maximum Gasteiger partial charge on any atom is 0.312 e. The number of halogens is 1. The van der Waals surface area contributed by atoms with Crippen molar-refractivity contribution in [2.45, 2.75) is 19.0 Å². The maximum atomic E-state index is 11.5. The fourth-order valence-electron chi connectivity index (χ4n) is 2.70. The van der Waals surface area contributed by atoms with Crippen molar-refractivity contribution in [3.63, 3.8) is 0 Å². The minimum absolute atomic E-state index is 0.429. The van der Waals surface area contributed by atoms with E-state index in [1.165, 1.54) is 5.56 Å². The van der Waals surface area contributed by atoms with E-state index in [2.05, 4.69) is 32.3 Å². The number of rotatable bonds is 3. The molecule has 1 unspecified atom stereocenters. The molecule has 1 aromatic heterocycles. The van der Waals surface area contributed by atoms with Gasteiger partial charge < -0.3 is 5.11 Å². The molecule has 0 aliphatic carbocycles. The molecule has 0 spiro atoms. The summed E-state index contributed by atoms with van der Waals surface area (Å²) >= 11 is 5.12. The Labute approximate surface area is 130 Å². The van der Waals surface area contributed by atoms with Gasteiger partial charge in [0.15, 0.2) is 0 Å². The lowest BCUT2D eigenvalue weighted by Crippen LogP contribution is -2.36. The van der Waals surface area contributed by atoms with Crippen LogP contribution in [-0.2, 0) is 17.9 Å². The minimum atomic E-state index is -0.742. The van der Waals surface area contributed by atoms with Gasteiger partial charge in [-0.05, 0) is 44.1 Å². The van der Waals surface area contributed by atoms with Crippen LogP contribution in [0.5, 0.6) is 0 Å². The molecular formula is C15H14BrNO2S. The van der Waals surface area contributed by atoms with E-state index in [-0.39, 0.29) is 0 Å². The zero-order valence-electron chi connectivity index (χ0n) is 10.8. The van der Waals surface area contributed by atoms with Gasteiger partial charge >= 0.3 is 5.97 Å². The van der Waals surface area contributed by atoms with E-state index in [0.717, 1.165) is 28.0 Å². The van der Waals surface area contributed by atoms with E-state index in [9.17, 15) is 9.90 Å². The van der Waals surface area contributed by atoms with Gasteiger partial charge in [-0.2, -0.15) is 0 Å². The molecule has 2 heterocycles. The average molecular weight is 352 g/mol. The molecule has 0 bridgehead atoms. The molecule has 2 aromatic rings. The Morgan fingerprint density at radius 1 is 1.45 bits per heavy atom. The molecule has 20 heavy (non-hydrogen) atoms. The van der Waals surface area contributed by atoms with E-state index < -0.39 is 11.9 Å². The first-order chi connectivity index (χ1) is 9.63. The third-order valence-corrected chi connectivity index (χ3v) is 5.14. The predicted octanol–water partition coefficient (Wildman–Crippen LogP) is 3.69. The number of fused-ring (bicyclic) bond motifs is 1. The van der Waals surface area contributed by atoms with Crippen LogP contribution >= 0.6 is 27.3 Å². The summed E-state index contributed by atoms with van der Waals surface area (Å²) in [6, 6.07) is 9.96. The van der Waals surface area contributed by atoms with Gasteiger partial charge in [0.05, 0.1) is 9.70 Å². The largest absolute Gasteiger partial charge is 0.481 e. The van der Waals surface area contributed by atoms with Gasteiger partial charge in [-0.15, -0.1) is 11.3 Å². The number of thiophene rings is 1. The standard InChI is InChI=1S/C15H14BrNO2S/c16-14-5-10(9-20-14)6-17-7-11-3-1-2-4-12(11)13(8-17)15(18)19/h1-5,9,13H,6-8H2,(H,18,19). The van der Waals surface area contributed by atoms with Gasteiger partial charge in [0.1, 0.15) is 0 Å². The highest BCUT2D eigenvalue weighted by atomic mass is 79.9. The second kappa shape index (κ2) is 5.68. The highest BCUT2D eigenvalue weighted by Gasteiger charge is 2.30. The first-order valence-electron chi connectivity index (χ1n) is 6.39. The molecule has 3 rings (SSSR count). The molecule has 0 fully saturated rings. The maximum absolute atomic E-state index is 11.5. The number of carbonyl (C=O) groups is 1. The van der Waals surface area contributed by atoms with Gasteiger partial charge in [0.25, 0.3) is 0 Å². The van der Waals surface area contributed by atoms with Crippen molar-refractivity contribution in [2.24, 2.45) is 0 Å². The Morgan fingerprint density at radius 3 is 2.95 bits per heavy atom. The van der Waals surface area contributed by atoms with Crippen LogP contribution in [0.15, 0.2) is 39.5 Å². The molecule has 0 saturated carbocycles. The quantitative estimate of drug-likeness (QED) is 0.916. The summed E-state index contributed by atoms with van der Waals surface area (Å²) in [5.41, 5.74) is 3.31. The van der Waals surface area contributed by atoms with Crippen LogP contribution in [0.4, 0.5) is 0 Å². The van der Waals surface area contributed by atoms with E-state index in [4.69, 9.17) is 0 Å². The number of aliphatic carboxylic acids is 1. The zero-order valence-corrected chi connectivity index (χ0v) is 13.2. The van der Waals surface area contributed by atoms with Crippen molar-refractivity contribution in [1.82, 2.24) is 4.90 Å². The highest BCUT2D eigenvalue weighted by molar-refractivity contribution is 9.11. The number of carboxylic acid groups (broad SMARTS) is 1. The second-order valence-corrected chi connectivity index (χ2v) is 7.31. The van der Waals surface area contributed by atoms with Crippen LogP contribution in [0.3, 0.4) is 0 Å². The number of hydrogen-bond acceptors (Lipinski definition) is 3. The third-order valence-electron chi connectivity index (χ3n) is 3.59. The summed E-state index contributed by atoms with van der Waals surface area (Å²) in [7, 11) is 0. The normalized spacial score (nSPS) is 18.8. The molecule has 1 aliphatic rings. The monoisotopic (exact) mass is 351 g/mol. The highest BCUT2D eigenvalue weighted by Crippen LogP contribution is 2.30. The molecule has 1 atom stereocenters. The van der Waals surface area contributed by atoms with Crippen LogP contribution in [0.1, 0.15) is 22.6 Å². The van der Waals surface area contributed by atoms with Gasteiger partial charge in [0, 0.05) is 19.6 Å². The molecule has 5 heteroatoms. The smallest absolute Gasteiger partial charge is 0.312 e. The summed E-state index contributed by atoms with van der Waals surface area (Å²) in [5, 5.41) is 11.6. The number of nitrogens with zero attached hydrogens (tertiary/aromatic N) is 1. The number of benzene rings is 1. The Hall–Kier alpha value is -1.17.